The summed E-state index contributed by atoms with van der Waals surface area (Å²) in [4.78, 5) is 0. The van der Waals surface area contributed by atoms with E-state index in [0.717, 1.165) is 23.0 Å². The predicted molar refractivity (Wildman–Crippen MR) is 69.0 cm³/mol. The number of rotatable bonds is 1. The smallest absolute Gasteiger partial charge is 0.208 e. The maximum atomic E-state index is 9.17. The molecule has 0 N–H and O–H groups in total. The van der Waals surface area contributed by atoms with E-state index >= 15 is 0 Å². The van der Waals surface area contributed by atoms with E-state index in [-0.39, 0.29) is 5.41 Å². The van der Waals surface area contributed by atoms with Crippen LogP contribution in [0, 0.1) is 11.3 Å². The van der Waals surface area contributed by atoms with Crippen molar-refractivity contribution in [3.05, 3.63) is 35.1 Å². The van der Waals surface area contributed by atoms with Crippen LogP contribution >= 0.6 is 0 Å². The summed E-state index contributed by atoms with van der Waals surface area (Å²) in [5.74, 6) is 0.445. The van der Waals surface area contributed by atoms with Crippen LogP contribution in [0.15, 0.2) is 22.6 Å². The third-order valence-electron chi connectivity index (χ3n) is 3.01. The molecule has 0 unspecified atom stereocenters. The molecule has 1 aromatic heterocycles. The van der Waals surface area contributed by atoms with Crippen molar-refractivity contribution in [1.82, 2.24) is 0 Å². The highest BCUT2D eigenvalue weighted by molar-refractivity contribution is 5.85. The van der Waals surface area contributed by atoms with Crippen molar-refractivity contribution in [1.29, 1.82) is 5.26 Å². The molecule has 0 saturated heterocycles. The highest BCUT2D eigenvalue weighted by atomic mass is 16.3. The Balaban J connectivity index is 2.82. The van der Waals surface area contributed by atoms with Gasteiger partial charge in [0, 0.05) is 10.9 Å². The number of furan rings is 1. The summed E-state index contributed by atoms with van der Waals surface area (Å²) >= 11 is 0. The number of aryl methyl sites for hydroxylation is 1. The van der Waals surface area contributed by atoms with Gasteiger partial charge in [0.15, 0.2) is 0 Å². The first-order valence-electron chi connectivity index (χ1n) is 5.93. The third-order valence-corrected chi connectivity index (χ3v) is 3.01. The Hall–Kier alpha value is -1.75. The molecular weight excluding hydrogens is 210 g/mol. The van der Waals surface area contributed by atoms with Crippen LogP contribution < -0.4 is 0 Å². The fraction of sp³-hybridized carbons (Fsp3) is 0.400. The average molecular weight is 227 g/mol. The van der Waals surface area contributed by atoms with E-state index < -0.39 is 0 Å². The third kappa shape index (κ3) is 1.93. The van der Waals surface area contributed by atoms with Crippen molar-refractivity contribution in [2.75, 3.05) is 0 Å². The van der Waals surface area contributed by atoms with Crippen LogP contribution in [0.4, 0.5) is 0 Å². The lowest BCUT2D eigenvalue weighted by molar-refractivity contribution is 0.546. The maximum Gasteiger partial charge on any atom is 0.208 e. The minimum absolute atomic E-state index is 0.0807. The first-order chi connectivity index (χ1) is 7.97. The highest BCUT2D eigenvalue weighted by Crippen LogP contribution is 2.35. The standard InChI is InChI=1S/C15H17NO/c1-5-10-6-7-12-11(8-10)14(15(2,3)4)13(9-16)17-12/h6-8H,5H2,1-4H3. The number of hydrogen-bond acceptors (Lipinski definition) is 2. The second kappa shape index (κ2) is 3.92. The molecule has 2 nitrogen and oxygen atoms in total. The quantitative estimate of drug-likeness (QED) is 0.733. The van der Waals surface area contributed by atoms with Crippen LogP contribution in [0.25, 0.3) is 11.0 Å². The molecule has 1 aromatic carbocycles. The Morgan fingerprint density at radius 2 is 2.00 bits per heavy atom. The average Bonchev–Trinajstić information content (AvgIpc) is 2.65. The number of fused-ring (bicyclic) bond motifs is 1. The fourth-order valence-electron chi connectivity index (χ4n) is 2.19. The molecule has 0 saturated carbocycles. The minimum Gasteiger partial charge on any atom is -0.445 e. The molecule has 0 amide bonds. The van der Waals surface area contributed by atoms with E-state index in [2.05, 4.69) is 45.9 Å². The van der Waals surface area contributed by atoms with Crippen molar-refractivity contribution in [3.63, 3.8) is 0 Å². The van der Waals surface area contributed by atoms with E-state index in [0.29, 0.717) is 5.76 Å². The van der Waals surface area contributed by atoms with Crippen LogP contribution in [0.2, 0.25) is 0 Å². The van der Waals surface area contributed by atoms with Gasteiger partial charge in [-0.1, -0.05) is 33.8 Å². The second-order valence-electron chi connectivity index (χ2n) is 5.35. The Kier molecular flexibility index (Phi) is 2.71. The zero-order valence-corrected chi connectivity index (χ0v) is 10.8. The topological polar surface area (TPSA) is 36.9 Å². The molecule has 88 valence electrons. The van der Waals surface area contributed by atoms with Gasteiger partial charge in [0.2, 0.25) is 5.76 Å². The Morgan fingerprint density at radius 1 is 1.29 bits per heavy atom. The summed E-state index contributed by atoms with van der Waals surface area (Å²) < 4.78 is 5.61. The highest BCUT2D eigenvalue weighted by Gasteiger charge is 2.25. The normalized spacial score (nSPS) is 11.7. The molecular formula is C15H17NO. The summed E-state index contributed by atoms with van der Waals surface area (Å²) in [5, 5.41) is 10.2. The monoisotopic (exact) mass is 227 g/mol. The second-order valence-corrected chi connectivity index (χ2v) is 5.35. The predicted octanol–water partition coefficient (Wildman–Crippen LogP) is 4.16. The van der Waals surface area contributed by atoms with E-state index in [1.807, 2.05) is 6.07 Å². The van der Waals surface area contributed by atoms with Gasteiger partial charge in [-0.05, 0) is 29.5 Å². The molecule has 17 heavy (non-hydrogen) atoms. The van der Waals surface area contributed by atoms with Gasteiger partial charge in [-0.25, -0.2) is 0 Å². The maximum absolute atomic E-state index is 9.17. The lowest BCUT2D eigenvalue weighted by Crippen LogP contribution is -2.12. The molecule has 0 aliphatic carbocycles. The van der Waals surface area contributed by atoms with Crippen molar-refractivity contribution in [3.8, 4) is 6.07 Å². The lowest BCUT2D eigenvalue weighted by Gasteiger charge is -2.17. The summed E-state index contributed by atoms with van der Waals surface area (Å²) in [6.07, 6.45) is 0.993. The van der Waals surface area contributed by atoms with E-state index in [1.54, 1.807) is 0 Å². The fourth-order valence-corrected chi connectivity index (χ4v) is 2.19. The Bertz CT molecular complexity index is 594. The van der Waals surface area contributed by atoms with E-state index in [9.17, 15) is 0 Å². The number of hydrogen-bond donors (Lipinski definition) is 0. The molecule has 2 heteroatoms. The van der Waals surface area contributed by atoms with Crippen LogP contribution in [0.5, 0.6) is 0 Å². The molecule has 0 bridgehead atoms. The molecule has 0 aliphatic heterocycles. The van der Waals surface area contributed by atoms with Gasteiger partial charge >= 0.3 is 0 Å². The molecule has 2 aromatic rings. The van der Waals surface area contributed by atoms with Gasteiger partial charge in [0.1, 0.15) is 11.7 Å². The molecule has 1 heterocycles. The molecule has 0 atom stereocenters. The van der Waals surface area contributed by atoms with Crippen LogP contribution in [-0.2, 0) is 11.8 Å². The Labute approximate surface area is 102 Å². The van der Waals surface area contributed by atoms with E-state index in [4.69, 9.17) is 9.68 Å². The van der Waals surface area contributed by atoms with Crippen molar-refractivity contribution in [2.24, 2.45) is 0 Å². The van der Waals surface area contributed by atoms with Crippen LogP contribution in [0.1, 0.15) is 44.6 Å². The number of nitrogens with zero attached hydrogens (tertiary/aromatic N) is 1. The van der Waals surface area contributed by atoms with Crippen molar-refractivity contribution >= 4 is 11.0 Å². The summed E-state index contributed by atoms with van der Waals surface area (Å²) in [7, 11) is 0. The molecule has 0 fully saturated rings. The van der Waals surface area contributed by atoms with Gasteiger partial charge < -0.3 is 4.42 Å². The molecule has 0 radical (unpaired) electrons. The van der Waals surface area contributed by atoms with Crippen molar-refractivity contribution < 1.29 is 4.42 Å². The van der Waals surface area contributed by atoms with Gasteiger partial charge in [-0.15, -0.1) is 0 Å². The van der Waals surface area contributed by atoms with Gasteiger partial charge in [-0.3, -0.25) is 0 Å². The summed E-state index contributed by atoms with van der Waals surface area (Å²) in [6.45, 7) is 8.45. The Morgan fingerprint density at radius 3 is 2.53 bits per heavy atom. The van der Waals surface area contributed by atoms with Gasteiger partial charge in [0.25, 0.3) is 0 Å². The number of benzene rings is 1. The summed E-state index contributed by atoms with van der Waals surface area (Å²) in [6, 6.07) is 8.32. The van der Waals surface area contributed by atoms with E-state index in [1.165, 1.54) is 5.56 Å². The molecule has 2 rings (SSSR count). The zero-order chi connectivity index (χ0) is 12.6. The first kappa shape index (κ1) is 11.7. The SMILES string of the molecule is CCc1ccc2oc(C#N)c(C(C)(C)C)c2c1. The first-order valence-corrected chi connectivity index (χ1v) is 5.93. The van der Waals surface area contributed by atoms with Crippen LogP contribution in [0.3, 0.4) is 0 Å². The minimum atomic E-state index is -0.0807. The van der Waals surface area contributed by atoms with Crippen LogP contribution in [-0.4, -0.2) is 0 Å². The lowest BCUT2D eigenvalue weighted by atomic mass is 9.84. The van der Waals surface area contributed by atoms with Crippen molar-refractivity contribution in [2.45, 2.75) is 39.5 Å². The largest absolute Gasteiger partial charge is 0.445 e. The summed E-state index contributed by atoms with van der Waals surface area (Å²) in [5.41, 5.74) is 3.02. The number of nitriles is 1. The molecule has 0 aliphatic rings. The molecule has 0 spiro atoms. The van der Waals surface area contributed by atoms with Gasteiger partial charge in [0.05, 0.1) is 0 Å². The van der Waals surface area contributed by atoms with Gasteiger partial charge in [-0.2, -0.15) is 5.26 Å². The zero-order valence-electron chi connectivity index (χ0n) is 10.8.